The van der Waals surface area contributed by atoms with Crippen LogP contribution in [0.25, 0.3) is 0 Å². The summed E-state index contributed by atoms with van der Waals surface area (Å²) in [6.07, 6.45) is 3.07. The Morgan fingerprint density at radius 3 is 3.07 bits per heavy atom. The molecule has 1 aromatic heterocycles. The summed E-state index contributed by atoms with van der Waals surface area (Å²) in [4.78, 5) is 6.46. The fraction of sp³-hybridized carbons (Fsp3) is 0.700. The van der Waals surface area contributed by atoms with Crippen LogP contribution in [-0.4, -0.2) is 34.2 Å². The molecule has 14 heavy (non-hydrogen) atoms. The molecule has 0 radical (unpaired) electrons. The van der Waals surface area contributed by atoms with Gasteiger partial charge in [-0.3, -0.25) is 4.90 Å². The maximum absolute atomic E-state index is 9.73. The molecule has 0 bridgehead atoms. The SMILES string of the molecule is CN(Cc1cscn1)[C@@H]1CCC[C@H]1O. The number of hydrogen-bond acceptors (Lipinski definition) is 4. The Morgan fingerprint density at radius 1 is 1.64 bits per heavy atom. The number of aromatic nitrogens is 1. The molecule has 2 rings (SSSR count). The highest BCUT2D eigenvalue weighted by Crippen LogP contribution is 2.24. The molecule has 0 unspecified atom stereocenters. The first kappa shape index (κ1) is 10.1. The van der Waals surface area contributed by atoms with Gasteiger partial charge in [-0.25, -0.2) is 4.98 Å². The van der Waals surface area contributed by atoms with E-state index in [1.807, 2.05) is 5.51 Å². The van der Waals surface area contributed by atoms with E-state index in [1.54, 1.807) is 11.3 Å². The highest BCUT2D eigenvalue weighted by Gasteiger charge is 2.28. The lowest BCUT2D eigenvalue weighted by molar-refractivity contribution is 0.0819. The van der Waals surface area contributed by atoms with Crippen LogP contribution >= 0.6 is 11.3 Å². The smallest absolute Gasteiger partial charge is 0.0795 e. The van der Waals surface area contributed by atoms with Crippen LogP contribution in [0.1, 0.15) is 25.0 Å². The molecule has 0 spiro atoms. The highest BCUT2D eigenvalue weighted by atomic mass is 32.1. The molecular weight excluding hydrogens is 196 g/mol. The number of aliphatic hydroxyl groups excluding tert-OH is 1. The summed E-state index contributed by atoms with van der Waals surface area (Å²) >= 11 is 1.62. The number of thiazole rings is 1. The predicted octanol–water partition coefficient (Wildman–Crippen LogP) is 1.49. The van der Waals surface area contributed by atoms with E-state index < -0.39 is 0 Å². The van der Waals surface area contributed by atoms with Crippen LogP contribution < -0.4 is 0 Å². The van der Waals surface area contributed by atoms with Crippen molar-refractivity contribution in [1.29, 1.82) is 0 Å². The van der Waals surface area contributed by atoms with Gasteiger partial charge in [0.1, 0.15) is 0 Å². The van der Waals surface area contributed by atoms with Crippen molar-refractivity contribution in [3.05, 3.63) is 16.6 Å². The molecule has 78 valence electrons. The van der Waals surface area contributed by atoms with E-state index in [9.17, 15) is 5.11 Å². The molecule has 1 saturated carbocycles. The molecule has 1 N–H and O–H groups in total. The summed E-state index contributed by atoms with van der Waals surface area (Å²) < 4.78 is 0. The zero-order chi connectivity index (χ0) is 9.97. The molecule has 0 amide bonds. The second kappa shape index (κ2) is 4.38. The van der Waals surface area contributed by atoms with Crippen molar-refractivity contribution < 1.29 is 5.11 Å². The molecule has 2 atom stereocenters. The van der Waals surface area contributed by atoms with Gasteiger partial charge < -0.3 is 5.11 Å². The molecule has 1 aromatic rings. The maximum atomic E-state index is 9.73. The molecule has 1 aliphatic carbocycles. The van der Waals surface area contributed by atoms with Gasteiger partial charge in [-0.2, -0.15) is 0 Å². The number of likely N-dealkylation sites (N-methyl/N-ethyl adjacent to an activating group) is 1. The standard InChI is InChI=1S/C10H16N2OS/c1-12(5-8-6-14-7-11-8)9-3-2-4-10(9)13/h6-7,9-10,13H,2-5H2,1H3/t9-,10-/m1/s1. The van der Waals surface area contributed by atoms with Crippen LogP contribution in [-0.2, 0) is 6.54 Å². The maximum Gasteiger partial charge on any atom is 0.0795 e. The molecule has 4 heteroatoms. The van der Waals surface area contributed by atoms with Gasteiger partial charge in [0.2, 0.25) is 0 Å². The Morgan fingerprint density at radius 2 is 2.50 bits per heavy atom. The van der Waals surface area contributed by atoms with Crippen molar-refractivity contribution in [2.24, 2.45) is 0 Å². The van der Waals surface area contributed by atoms with Gasteiger partial charge in [-0.05, 0) is 26.3 Å². The second-order valence-corrected chi connectivity index (χ2v) is 4.68. The fourth-order valence-electron chi connectivity index (χ4n) is 2.12. The number of nitrogens with zero attached hydrogens (tertiary/aromatic N) is 2. The minimum absolute atomic E-state index is 0.140. The monoisotopic (exact) mass is 212 g/mol. The van der Waals surface area contributed by atoms with Gasteiger partial charge >= 0.3 is 0 Å². The number of hydrogen-bond donors (Lipinski definition) is 1. The van der Waals surface area contributed by atoms with Crippen molar-refractivity contribution in [2.75, 3.05) is 7.05 Å². The van der Waals surface area contributed by atoms with Crippen LogP contribution in [0.3, 0.4) is 0 Å². The van der Waals surface area contributed by atoms with Gasteiger partial charge in [0.25, 0.3) is 0 Å². The number of aliphatic hydroxyl groups is 1. The van der Waals surface area contributed by atoms with E-state index in [-0.39, 0.29) is 6.10 Å². The topological polar surface area (TPSA) is 36.4 Å². The van der Waals surface area contributed by atoms with E-state index in [0.717, 1.165) is 31.5 Å². The van der Waals surface area contributed by atoms with E-state index in [2.05, 4.69) is 22.3 Å². The molecule has 0 aromatic carbocycles. The van der Waals surface area contributed by atoms with Gasteiger partial charge in [-0.15, -0.1) is 11.3 Å². The minimum atomic E-state index is -0.140. The van der Waals surface area contributed by atoms with E-state index in [4.69, 9.17) is 0 Å². The van der Waals surface area contributed by atoms with Crippen LogP contribution in [0.5, 0.6) is 0 Å². The Hall–Kier alpha value is -0.450. The van der Waals surface area contributed by atoms with Crippen LogP contribution in [0.4, 0.5) is 0 Å². The lowest BCUT2D eigenvalue weighted by Gasteiger charge is -2.26. The first-order chi connectivity index (χ1) is 6.77. The van der Waals surface area contributed by atoms with E-state index in [0.29, 0.717) is 6.04 Å². The average Bonchev–Trinajstić information content (AvgIpc) is 2.75. The van der Waals surface area contributed by atoms with Crippen LogP contribution in [0.2, 0.25) is 0 Å². The zero-order valence-corrected chi connectivity index (χ0v) is 9.20. The Bertz CT molecular complexity index is 276. The third-order valence-corrected chi connectivity index (χ3v) is 3.54. The van der Waals surface area contributed by atoms with Crippen molar-refractivity contribution in [2.45, 2.75) is 38.0 Å². The summed E-state index contributed by atoms with van der Waals surface area (Å²) in [6, 6.07) is 0.330. The predicted molar refractivity (Wildman–Crippen MR) is 57.2 cm³/mol. The zero-order valence-electron chi connectivity index (χ0n) is 8.39. The summed E-state index contributed by atoms with van der Waals surface area (Å²) in [5, 5.41) is 11.8. The molecule has 0 saturated heterocycles. The quantitative estimate of drug-likeness (QED) is 0.824. The lowest BCUT2D eigenvalue weighted by Crippen LogP contribution is -2.37. The molecule has 3 nitrogen and oxygen atoms in total. The first-order valence-electron chi connectivity index (χ1n) is 5.03. The van der Waals surface area contributed by atoms with Crippen molar-refractivity contribution >= 4 is 11.3 Å². The third kappa shape index (κ3) is 2.13. The summed E-state index contributed by atoms with van der Waals surface area (Å²) in [7, 11) is 2.07. The third-order valence-electron chi connectivity index (χ3n) is 2.90. The van der Waals surface area contributed by atoms with Gasteiger partial charge in [0, 0.05) is 18.0 Å². The molecule has 1 heterocycles. The van der Waals surface area contributed by atoms with E-state index in [1.165, 1.54) is 0 Å². The minimum Gasteiger partial charge on any atom is -0.391 e. The summed E-state index contributed by atoms with van der Waals surface area (Å²) in [6.45, 7) is 0.852. The molecule has 0 aliphatic heterocycles. The highest BCUT2D eigenvalue weighted by molar-refractivity contribution is 7.07. The van der Waals surface area contributed by atoms with Gasteiger partial charge in [0.05, 0.1) is 17.3 Å². The molecule has 1 fully saturated rings. The van der Waals surface area contributed by atoms with Crippen LogP contribution in [0, 0.1) is 0 Å². The molecule has 1 aliphatic rings. The molecular formula is C10H16N2OS. The first-order valence-corrected chi connectivity index (χ1v) is 5.97. The summed E-state index contributed by atoms with van der Waals surface area (Å²) in [5.74, 6) is 0. The largest absolute Gasteiger partial charge is 0.391 e. The Labute approximate surface area is 88.4 Å². The van der Waals surface area contributed by atoms with E-state index >= 15 is 0 Å². The van der Waals surface area contributed by atoms with Crippen LogP contribution in [0.15, 0.2) is 10.9 Å². The fourth-order valence-corrected chi connectivity index (χ4v) is 2.67. The summed E-state index contributed by atoms with van der Waals surface area (Å²) in [5.41, 5.74) is 2.96. The van der Waals surface area contributed by atoms with Gasteiger partial charge in [0.15, 0.2) is 0 Å². The average molecular weight is 212 g/mol. The lowest BCUT2D eigenvalue weighted by atomic mass is 10.2. The van der Waals surface area contributed by atoms with Gasteiger partial charge in [-0.1, -0.05) is 0 Å². The Kier molecular flexibility index (Phi) is 3.15. The second-order valence-electron chi connectivity index (χ2n) is 3.96. The normalized spacial score (nSPS) is 27.4. The van der Waals surface area contributed by atoms with Crippen molar-refractivity contribution in [3.8, 4) is 0 Å². The van der Waals surface area contributed by atoms with Crippen molar-refractivity contribution in [1.82, 2.24) is 9.88 Å². The number of rotatable bonds is 3. The Balaban J connectivity index is 1.92. The van der Waals surface area contributed by atoms with Crippen molar-refractivity contribution in [3.63, 3.8) is 0 Å².